The van der Waals surface area contributed by atoms with Gasteiger partial charge >= 0.3 is 5.97 Å². The monoisotopic (exact) mass is 285 g/mol. The number of methoxy groups -OCH3 is 1. The number of carbonyl (C=O) groups excluding carboxylic acids is 1. The molecule has 0 saturated carbocycles. The normalized spacial score (nSPS) is 10.7. The molecule has 20 heavy (non-hydrogen) atoms. The number of ether oxygens (including phenoxy) is 1. The van der Waals surface area contributed by atoms with E-state index in [9.17, 15) is 4.79 Å². The zero-order valence-electron chi connectivity index (χ0n) is 10.8. The Labute approximate surface area is 121 Å². The highest BCUT2D eigenvalue weighted by Gasteiger charge is 2.08. The van der Waals surface area contributed by atoms with Gasteiger partial charge in [0, 0.05) is 21.6 Å². The maximum absolute atomic E-state index is 11.5. The van der Waals surface area contributed by atoms with Gasteiger partial charge in [-0.05, 0) is 42.0 Å². The van der Waals surface area contributed by atoms with Crippen molar-refractivity contribution in [1.82, 2.24) is 4.98 Å². The van der Waals surface area contributed by atoms with Crippen LogP contribution in [0.15, 0.2) is 48.5 Å². The summed E-state index contributed by atoms with van der Waals surface area (Å²) in [6, 6.07) is 15.0. The van der Waals surface area contributed by atoms with Gasteiger partial charge in [-0.25, -0.2) is 4.79 Å². The molecule has 3 aromatic rings. The van der Waals surface area contributed by atoms with Gasteiger partial charge in [0.2, 0.25) is 0 Å². The van der Waals surface area contributed by atoms with Crippen LogP contribution in [0, 0.1) is 0 Å². The highest BCUT2D eigenvalue weighted by molar-refractivity contribution is 6.30. The third-order valence-corrected chi connectivity index (χ3v) is 3.45. The zero-order valence-corrected chi connectivity index (χ0v) is 11.6. The van der Waals surface area contributed by atoms with Crippen LogP contribution < -0.4 is 0 Å². The predicted molar refractivity (Wildman–Crippen MR) is 80.1 cm³/mol. The van der Waals surface area contributed by atoms with Gasteiger partial charge in [0.05, 0.1) is 12.7 Å². The van der Waals surface area contributed by atoms with E-state index in [2.05, 4.69) is 4.98 Å². The lowest BCUT2D eigenvalue weighted by molar-refractivity contribution is 0.0601. The Morgan fingerprint density at radius 3 is 2.55 bits per heavy atom. The van der Waals surface area contributed by atoms with Gasteiger partial charge in [-0.15, -0.1) is 0 Å². The number of esters is 1. The minimum absolute atomic E-state index is 0.332. The van der Waals surface area contributed by atoms with Crippen LogP contribution in [0.25, 0.3) is 22.2 Å². The zero-order chi connectivity index (χ0) is 14.1. The van der Waals surface area contributed by atoms with Crippen molar-refractivity contribution in [3.8, 4) is 11.3 Å². The Hall–Kier alpha value is -2.26. The lowest BCUT2D eigenvalue weighted by atomic mass is 10.1. The van der Waals surface area contributed by atoms with Crippen molar-refractivity contribution in [2.75, 3.05) is 7.11 Å². The number of carbonyl (C=O) groups is 1. The second-order valence-electron chi connectivity index (χ2n) is 4.48. The summed E-state index contributed by atoms with van der Waals surface area (Å²) in [6.45, 7) is 0. The highest BCUT2D eigenvalue weighted by atomic mass is 35.5. The van der Waals surface area contributed by atoms with Crippen molar-refractivity contribution in [1.29, 1.82) is 0 Å². The fourth-order valence-electron chi connectivity index (χ4n) is 2.16. The van der Waals surface area contributed by atoms with Crippen molar-refractivity contribution in [3.63, 3.8) is 0 Å². The van der Waals surface area contributed by atoms with Gasteiger partial charge < -0.3 is 9.72 Å². The molecule has 1 heterocycles. The minimum atomic E-state index is -0.332. The summed E-state index contributed by atoms with van der Waals surface area (Å²) in [6.07, 6.45) is 0. The second-order valence-corrected chi connectivity index (χ2v) is 4.92. The van der Waals surface area contributed by atoms with Crippen molar-refractivity contribution < 1.29 is 9.53 Å². The fourth-order valence-corrected chi connectivity index (χ4v) is 2.29. The summed E-state index contributed by atoms with van der Waals surface area (Å²) >= 11 is 5.89. The van der Waals surface area contributed by atoms with Crippen LogP contribution >= 0.6 is 11.6 Å². The first-order valence-corrected chi connectivity index (χ1v) is 6.52. The van der Waals surface area contributed by atoms with Crippen LogP contribution in [0.1, 0.15) is 10.4 Å². The molecule has 0 aliphatic rings. The first kappa shape index (κ1) is 12.8. The van der Waals surface area contributed by atoms with E-state index < -0.39 is 0 Å². The van der Waals surface area contributed by atoms with Gasteiger partial charge in [0.1, 0.15) is 0 Å². The van der Waals surface area contributed by atoms with Crippen molar-refractivity contribution in [3.05, 3.63) is 59.1 Å². The van der Waals surface area contributed by atoms with Gasteiger partial charge in [-0.1, -0.05) is 23.7 Å². The largest absolute Gasteiger partial charge is 0.465 e. The first-order valence-electron chi connectivity index (χ1n) is 6.14. The molecule has 2 aromatic carbocycles. The van der Waals surface area contributed by atoms with Gasteiger partial charge in [0.15, 0.2) is 0 Å². The minimum Gasteiger partial charge on any atom is -0.465 e. The molecule has 0 radical (unpaired) electrons. The standard InChI is InChI=1S/C16H12ClNO2/c1-20-16(19)11-4-7-14-12(8-11)9-15(18-14)10-2-5-13(17)6-3-10/h2-9,18H,1H3. The average Bonchev–Trinajstić information content (AvgIpc) is 2.90. The van der Waals surface area contributed by atoms with Crippen LogP contribution in [0.4, 0.5) is 0 Å². The van der Waals surface area contributed by atoms with E-state index in [4.69, 9.17) is 16.3 Å². The van der Waals surface area contributed by atoms with Crippen LogP contribution in [-0.2, 0) is 4.74 Å². The van der Waals surface area contributed by atoms with Crippen molar-refractivity contribution in [2.24, 2.45) is 0 Å². The van der Waals surface area contributed by atoms with Crippen molar-refractivity contribution >= 4 is 28.5 Å². The SMILES string of the molecule is COC(=O)c1ccc2[nH]c(-c3ccc(Cl)cc3)cc2c1. The Bertz CT molecular complexity index is 775. The number of rotatable bonds is 2. The van der Waals surface area contributed by atoms with E-state index >= 15 is 0 Å². The molecule has 0 aliphatic carbocycles. The number of aromatic nitrogens is 1. The van der Waals surface area contributed by atoms with Crippen LogP contribution in [-0.4, -0.2) is 18.1 Å². The summed E-state index contributed by atoms with van der Waals surface area (Å²) in [5.74, 6) is -0.332. The second kappa shape index (κ2) is 5.02. The van der Waals surface area contributed by atoms with E-state index in [1.807, 2.05) is 42.5 Å². The van der Waals surface area contributed by atoms with E-state index in [-0.39, 0.29) is 5.97 Å². The number of hydrogen-bond acceptors (Lipinski definition) is 2. The molecule has 0 fully saturated rings. The summed E-state index contributed by atoms with van der Waals surface area (Å²) < 4.78 is 4.73. The van der Waals surface area contributed by atoms with Crippen LogP contribution in [0.2, 0.25) is 5.02 Å². The highest BCUT2D eigenvalue weighted by Crippen LogP contribution is 2.26. The molecule has 0 spiro atoms. The average molecular weight is 286 g/mol. The molecule has 0 unspecified atom stereocenters. The van der Waals surface area contributed by atoms with E-state index in [0.29, 0.717) is 10.6 Å². The summed E-state index contributed by atoms with van der Waals surface area (Å²) in [4.78, 5) is 14.8. The third-order valence-electron chi connectivity index (χ3n) is 3.20. The molecule has 3 rings (SSSR count). The van der Waals surface area contributed by atoms with Gasteiger partial charge in [0.25, 0.3) is 0 Å². The molecular weight excluding hydrogens is 274 g/mol. The summed E-state index contributed by atoms with van der Waals surface area (Å²) in [7, 11) is 1.38. The Morgan fingerprint density at radius 2 is 1.85 bits per heavy atom. The number of aromatic amines is 1. The molecule has 100 valence electrons. The van der Waals surface area contributed by atoms with E-state index in [0.717, 1.165) is 22.2 Å². The molecule has 0 amide bonds. The van der Waals surface area contributed by atoms with Gasteiger partial charge in [-0.3, -0.25) is 0 Å². The smallest absolute Gasteiger partial charge is 0.337 e. The Balaban J connectivity index is 2.06. The summed E-state index contributed by atoms with van der Waals surface area (Å²) in [5.41, 5.74) is 3.55. The number of nitrogens with one attached hydrogen (secondary N) is 1. The predicted octanol–water partition coefficient (Wildman–Crippen LogP) is 4.27. The molecule has 0 aliphatic heterocycles. The molecule has 0 atom stereocenters. The maximum atomic E-state index is 11.5. The molecule has 0 saturated heterocycles. The molecule has 1 N–H and O–H groups in total. The van der Waals surface area contributed by atoms with Crippen LogP contribution in [0.5, 0.6) is 0 Å². The lowest BCUT2D eigenvalue weighted by Crippen LogP contribution is -2.00. The molecule has 1 aromatic heterocycles. The van der Waals surface area contributed by atoms with Crippen molar-refractivity contribution in [2.45, 2.75) is 0 Å². The lowest BCUT2D eigenvalue weighted by Gasteiger charge is -1.98. The number of hydrogen-bond donors (Lipinski definition) is 1. The van der Waals surface area contributed by atoms with E-state index in [1.54, 1.807) is 6.07 Å². The number of halogens is 1. The molecule has 4 heteroatoms. The molecule has 3 nitrogen and oxygen atoms in total. The topological polar surface area (TPSA) is 42.1 Å². The number of fused-ring (bicyclic) bond motifs is 1. The molecule has 0 bridgehead atoms. The quantitative estimate of drug-likeness (QED) is 0.714. The van der Waals surface area contributed by atoms with E-state index in [1.165, 1.54) is 7.11 Å². The maximum Gasteiger partial charge on any atom is 0.337 e. The Morgan fingerprint density at radius 1 is 1.10 bits per heavy atom. The third kappa shape index (κ3) is 2.28. The summed E-state index contributed by atoms with van der Waals surface area (Å²) in [5, 5.41) is 1.68. The molecular formula is C16H12ClNO2. The fraction of sp³-hybridized carbons (Fsp3) is 0.0625. The number of benzene rings is 2. The first-order chi connectivity index (χ1) is 9.67. The van der Waals surface area contributed by atoms with Gasteiger partial charge in [-0.2, -0.15) is 0 Å². The van der Waals surface area contributed by atoms with Crippen LogP contribution in [0.3, 0.4) is 0 Å². The Kier molecular flexibility index (Phi) is 3.20. The number of H-pyrrole nitrogens is 1.